The molecule has 0 amide bonds. The third kappa shape index (κ3) is 5.51. The van der Waals surface area contributed by atoms with Crippen LogP contribution in [-0.2, 0) is 0 Å². The van der Waals surface area contributed by atoms with Gasteiger partial charge in [0, 0.05) is 10.1 Å². The molecule has 1 rings (SSSR count). The molecule has 0 spiro atoms. The van der Waals surface area contributed by atoms with Crippen molar-refractivity contribution in [3.8, 4) is 5.75 Å². The summed E-state index contributed by atoms with van der Waals surface area (Å²) < 4.78 is 6.83. The second kappa shape index (κ2) is 7.68. The van der Waals surface area contributed by atoms with E-state index < -0.39 is 0 Å². The lowest BCUT2D eigenvalue weighted by molar-refractivity contribution is 0.348. The molecule has 1 aromatic rings. The topological polar surface area (TPSA) is 21.3 Å². The molecule has 0 radical (unpaired) electrons. The van der Waals surface area contributed by atoms with Gasteiger partial charge in [0.05, 0.1) is 0 Å². The normalized spacial score (nSPS) is 10.1. The first-order chi connectivity index (χ1) is 7.72. The van der Waals surface area contributed by atoms with Crippen molar-refractivity contribution in [1.82, 2.24) is 5.32 Å². The quantitative estimate of drug-likeness (QED) is 0.471. The van der Waals surface area contributed by atoms with E-state index in [1.807, 2.05) is 24.3 Å². The summed E-state index contributed by atoms with van der Waals surface area (Å²) in [5.41, 5.74) is 1.08. The summed E-state index contributed by atoms with van der Waals surface area (Å²) in [6.07, 6.45) is 1.14. The van der Waals surface area contributed by atoms with E-state index in [0.717, 1.165) is 30.8 Å². The summed E-state index contributed by atoms with van der Waals surface area (Å²) >= 11 is 2.28. The molecule has 0 aromatic heterocycles. The van der Waals surface area contributed by atoms with Crippen LogP contribution in [0.4, 0.5) is 0 Å². The summed E-state index contributed by atoms with van der Waals surface area (Å²) in [4.78, 5) is 0. The first kappa shape index (κ1) is 13.5. The number of benzene rings is 1. The maximum absolute atomic E-state index is 5.61. The summed E-state index contributed by atoms with van der Waals surface area (Å²) in [6.45, 7) is 8.56. The van der Waals surface area contributed by atoms with Crippen LogP contribution in [0.25, 0.3) is 0 Å². The van der Waals surface area contributed by atoms with E-state index in [2.05, 4.69) is 41.4 Å². The molecule has 1 aromatic carbocycles. The fourth-order valence-corrected chi connectivity index (χ4v) is 1.57. The summed E-state index contributed by atoms with van der Waals surface area (Å²) in [7, 11) is 0. The van der Waals surface area contributed by atoms with Gasteiger partial charge in [0.25, 0.3) is 0 Å². The van der Waals surface area contributed by atoms with Crippen LogP contribution in [0.15, 0.2) is 36.4 Å². The van der Waals surface area contributed by atoms with Crippen molar-refractivity contribution in [1.29, 1.82) is 0 Å². The second-order valence-corrected chi connectivity index (χ2v) is 4.92. The van der Waals surface area contributed by atoms with Gasteiger partial charge in [-0.3, -0.25) is 0 Å². The predicted molar refractivity (Wildman–Crippen MR) is 77.0 cm³/mol. The van der Waals surface area contributed by atoms with E-state index in [4.69, 9.17) is 4.74 Å². The molecule has 3 heteroatoms. The van der Waals surface area contributed by atoms with E-state index in [1.165, 1.54) is 3.57 Å². The lowest BCUT2D eigenvalue weighted by atomic mass is 10.3. The molecule has 0 aliphatic carbocycles. The Balaban J connectivity index is 2.23. The fourth-order valence-electron chi connectivity index (χ4n) is 1.21. The number of hydrogen-bond acceptors (Lipinski definition) is 2. The maximum atomic E-state index is 5.61. The third-order valence-corrected chi connectivity index (χ3v) is 2.78. The molecule has 0 unspecified atom stereocenters. The first-order valence-electron chi connectivity index (χ1n) is 5.48. The summed E-state index contributed by atoms with van der Waals surface area (Å²) in [5, 5.41) is 3.30. The third-order valence-electron chi connectivity index (χ3n) is 2.06. The number of ether oxygens (including phenoxy) is 1. The van der Waals surface area contributed by atoms with E-state index in [1.54, 1.807) is 0 Å². The fraction of sp³-hybridized carbons (Fsp3) is 0.385. The van der Waals surface area contributed by atoms with E-state index in [0.29, 0.717) is 6.61 Å². The maximum Gasteiger partial charge on any atom is 0.119 e. The molecule has 0 aliphatic heterocycles. The molecule has 88 valence electrons. The van der Waals surface area contributed by atoms with Crippen LogP contribution in [0.3, 0.4) is 0 Å². The molecular weight excluding hydrogens is 313 g/mol. The van der Waals surface area contributed by atoms with Crippen molar-refractivity contribution in [2.75, 3.05) is 19.7 Å². The van der Waals surface area contributed by atoms with Crippen molar-refractivity contribution in [2.24, 2.45) is 0 Å². The lowest BCUT2D eigenvalue weighted by Crippen LogP contribution is -2.20. The largest absolute Gasteiger partial charge is 0.489 e. The lowest BCUT2D eigenvalue weighted by Gasteiger charge is -2.09. The van der Waals surface area contributed by atoms with Gasteiger partial charge >= 0.3 is 0 Å². The molecule has 0 saturated heterocycles. The van der Waals surface area contributed by atoms with Gasteiger partial charge in [-0.1, -0.05) is 13.5 Å². The minimum Gasteiger partial charge on any atom is -0.489 e. The number of rotatable bonds is 7. The van der Waals surface area contributed by atoms with Crippen LogP contribution < -0.4 is 10.1 Å². The van der Waals surface area contributed by atoms with E-state index in [-0.39, 0.29) is 0 Å². The molecular formula is C13H18INO. The molecule has 0 saturated carbocycles. The number of halogens is 1. The second-order valence-electron chi connectivity index (χ2n) is 3.67. The Morgan fingerprint density at radius 2 is 2.06 bits per heavy atom. The Kier molecular flexibility index (Phi) is 6.49. The Bertz CT molecular complexity index is 321. The molecule has 0 fully saturated rings. The zero-order valence-corrected chi connectivity index (χ0v) is 11.8. The number of hydrogen-bond donors (Lipinski definition) is 1. The highest BCUT2D eigenvalue weighted by molar-refractivity contribution is 14.1. The van der Waals surface area contributed by atoms with Crippen LogP contribution in [0.5, 0.6) is 5.75 Å². The summed E-state index contributed by atoms with van der Waals surface area (Å²) in [6, 6.07) is 8.03. The zero-order chi connectivity index (χ0) is 11.8. The van der Waals surface area contributed by atoms with E-state index in [9.17, 15) is 0 Å². The highest BCUT2D eigenvalue weighted by Crippen LogP contribution is 2.13. The first-order valence-corrected chi connectivity index (χ1v) is 6.56. The number of nitrogens with one attached hydrogen (secondary N) is 1. The van der Waals surface area contributed by atoms with Gasteiger partial charge in [-0.2, -0.15) is 0 Å². The highest BCUT2D eigenvalue weighted by Gasteiger charge is 1.96. The predicted octanol–water partition coefficient (Wildman–Crippen LogP) is 3.23. The molecule has 2 nitrogen and oxygen atoms in total. The van der Waals surface area contributed by atoms with E-state index >= 15 is 0 Å². The zero-order valence-electron chi connectivity index (χ0n) is 9.63. The van der Waals surface area contributed by atoms with Gasteiger partial charge in [0.15, 0.2) is 0 Å². The van der Waals surface area contributed by atoms with Crippen LogP contribution >= 0.6 is 22.6 Å². The Labute approximate surface area is 111 Å². The van der Waals surface area contributed by atoms with Crippen molar-refractivity contribution in [2.45, 2.75) is 13.3 Å². The summed E-state index contributed by atoms with van der Waals surface area (Å²) in [5.74, 6) is 0.900. The van der Waals surface area contributed by atoms with Gasteiger partial charge in [-0.05, 0) is 65.4 Å². The highest BCUT2D eigenvalue weighted by atomic mass is 127. The minimum atomic E-state index is 0.581. The van der Waals surface area contributed by atoms with Crippen molar-refractivity contribution >= 4 is 22.6 Å². The average Bonchev–Trinajstić information content (AvgIpc) is 2.29. The van der Waals surface area contributed by atoms with Gasteiger partial charge in [-0.25, -0.2) is 0 Å². The van der Waals surface area contributed by atoms with Crippen LogP contribution in [0.2, 0.25) is 0 Å². The molecule has 0 atom stereocenters. The van der Waals surface area contributed by atoms with Crippen LogP contribution in [0.1, 0.15) is 13.3 Å². The average molecular weight is 331 g/mol. The van der Waals surface area contributed by atoms with Crippen molar-refractivity contribution in [3.63, 3.8) is 0 Å². The van der Waals surface area contributed by atoms with Gasteiger partial charge in [0.2, 0.25) is 0 Å². The smallest absolute Gasteiger partial charge is 0.119 e. The minimum absolute atomic E-state index is 0.581. The monoisotopic (exact) mass is 331 g/mol. The van der Waals surface area contributed by atoms with Crippen molar-refractivity contribution < 1.29 is 4.74 Å². The Morgan fingerprint density at radius 1 is 1.38 bits per heavy atom. The molecule has 0 aliphatic rings. The Morgan fingerprint density at radius 3 is 2.69 bits per heavy atom. The SMILES string of the molecule is C=C(CNCCC)COc1ccc(I)cc1. The Hall–Kier alpha value is -0.550. The van der Waals surface area contributed by atoms with Crippen LogP contribution in [0, 0.1) is 3.57 Å². The standard InChI is InChI=1S/C13H18INO/c1-3-8-15-9-11(2)10-16-13-6-4-12(14)5-7-13/h4-7,15H,2-3,8-10H2,1H3. The molecule has 0 heterocycles. The van der Waals surface area contributed by atoms with Gasteiger partial charge < -0.3 is 10.1 Å². The van der Waals surface area contributed by atoms with Gasteiger partial charge in [0.1, 0.15) is 12.4 Å². The molecule has 16 heavy (non-hydrogen) atoms. The van der Waals surface area contributed by atoms with Crippen molar-refractivity contribution in [3.05, 3.63) is 40.0 Å². The molecule has 0 bridgehead atoms. The van der Waals surface area contributed by atoms with Gasteiger partial charge in [-0.15, -0.1) is 0 Å². The molecule has 1 N–H and O–H groups in total. The van der Waals surface area contributed by atoms with Crippen LogP contribution in [-0.4, -0.2) is 19.7 Å².